The van der Waals surface area contributed by atoms with Gasteiger partial charge in [0.1, 0.15) is 0 Å². The van der Waals surface area contributed by atoms with Crippen molar-refractivity contribution in [3.05, 3.63) is 48.0 Å². The monoisotopic (exact) mass is 338 g/mol. The molecule has 0 fully saturated rings. The van der Waals surface area contributed by atoms with E-state index in [0.29, 0.717) is 12.0 Å². The number of likely N-dealkylation sites (N-methyl/N-ethyl adjacent to an activating group) is 1. The summed E-state index contributed by atoms with van der Waals surface area (Å²) in [5.41, 5.74) is 1.08. The minimum Gasteiger partial charge on any atom is -0.291 e. The van der Waals surface area contributed by atoms with E-state index < -0.39 is 5.54 Å². The molecule has 1 unspecified atom stereocenters. The van der Waals surface area contributed by atoms with Gasteiger partial charge in [-0.15, -0.1) is 0 Å². The van der Waals surface area contributed by atoms with Crippen LogP contribution < -0.4 is 4.90 Å². The van der Waals surface area contributed by atoms with E-state index in [0.717, 1.165) is 21.2 Å². The molecule has 0 aromatic heterocycles. The lowest BCUT2D eigenvalue weighted by Crippen LogP contribution is -2.64. The lowest BCUT2D eigenvalue weighted by Gasteiger charge is -2.46. The van der Waals surface area contributed by atoms with Gasteiger partial charge in [-0.3, -0.25) is 19.4 Å². The molecule has 1 amide bonds. The number of carbonyl (C=O) groups excluding carboxylic acids is 2. The van der Waals surface area contributed by atoms with Crippen molar-refractivity contribution < 1.29 is 9.59 Å². The van der Waals surface area contributed by atoms with Gasteiger partial charge in [0.2, 0.25) is 0 Å². The number of anilines is 2. The van der Waals surface area contributed by atoms with Crippen molar-refractivity contribution in [2.75, 3.05) is 19.0 Å². The Labute approximate surface area is 145 Å². The third kappa shape index (κ3) is 1.74. The van der Waals surface area contributed by atoms with Crippen molar-refractivity contribution >= 4 is 34.8 Å². The average molecular weight is 338 g/mol. The molecule has 24 heavy (non-hydrogen) atoms. The standard InChI is InChI=1S/C19H18N2O2S/c1-4-19(20(2)3)17(22)12-8-7-11-15-16(12)21(18(19)23)13-9-5-6-10-14(13)24-15/h5-11H,4H2,1-3H3. The first-order valence-electron chi connectivity index (χ1n) is 7.99. The zero-order valence-electron chi connectivity index (χ0n) is 13.9. The Bertz CT molecular complexity index is 877. The summed E-state index contributed by atoms with van der Waals surface area (Å²) in [6, 6.07) is 13.6. The second kappa shape index (κ2) is 5.19. The van der Waals surface area contributed by atoms with Crippen LogP contribution in [0, 0.1) is 0 Å². The van der Waals surface area contributed by atoms with Gasteiger partial charge in [0, 0.05) is 15.4 Å². The van der Waals surface area contributed by atoms with Gasteiger partial charge < -0.3 is 0 Å². The molecule has 0 bridgehead atoms. The minimum atomic E-state index is -1.15. The Morgan fingerprint density at radius 3 is 2.46 bits per heavy atom. The molecule has 4 nitrogen and oxygen atoms in total. The van der Waals surface area contributed by atoms with Gasteiger partial charge >= 0.3 is 0 Å². The first-order chi connectivity index (χ1) is 11.5. The van der Waals surface area contributed by atoms with Crippen molar-refractivity contribution in [1.82, 2.24) is 4.90 Å². The smallest absolute Gasteiger partial charge is 0.260 e. The number of amides is 1. The molecular weight excluding hydrogens is 320 g/mol. The van der Waals surface area contributed by atoms with Gasteiger partial charge in [-0.2, -0.15) is 0 Å². The Kier molecular flexibility index (Phi) is 3.34. The van der Waals surface area contributed by atoms with Crippen molar-refractivity contribution in [3.63, 3.8) is 0 Å². The molecular formula is C19H18N2O2S. The predicted octanol–water partition coefficient (Wildman–Crippen LogP) is 3.72. The number of para-hydroxylation sites is 2. The molecule has 0 saturated carbocycles. The normalized spacial score (nSPS) is 21.8. The molecule has 2 aromatic carbocycles. The van der Waals surface area contributed by atoms with E-state index in [4.69, 9.17) is 0 Å². The van der Waals surface area contributed by atoms with Gasteiger partial charge in [-0.05, 0) is 44.8 Å². The summed E-state index contributed by atoms with van der Waals surface area (Å²) >= 11 is 1.61. The van der Waals surface area contributed by atoms with Crippen LogP contribution in [0.3, 0.4) is 0 Å². The van der Waals surface area contributed by atoms with E-state index in [-0.39, 0.29) is 11.7 Å². The number of carbonyl (C=O) groups is 2. The van der Waals surface area contributed by atoms with Crippen molar-refractivity contribution in [2.45, 2.75) is 28.7 Å². The van der Waals surface area contributed by atoms with Crippen LogP contribution in [0.5, 0.6) is 0 Å². The summed E-state index contributed by atoms with van der Waals surface area (Å²) in [6.45, 7) is 1.90. The lowest BCUT2D eigenvalue weighted by molar-refractivity contribution is -0.126. The quantitative estimate of drug-likeness (QED) is 0.783. The summed E-state index contributed by atoms with van der Waals surface area (Å²) in [4.78, 5) is 32.3. The number of nitrogens with zero attached hydrogens (tertiary/aromatic N) is 2. The molecule has 2 aromatic rings. The number of fused-ring (bicyclic) bond motifs is 2. The second-order valence-electron chi connectivity index (χ2n) is 6.30. The van der Waals surface area contributed by atoms with Crippen LogP contribution in [0.2, 0.25) is 0 Å². The van der Waals surface area contributed by atoms with E-state index >= 15 is 0 Å². The number of benzene rings is 2. The first kappa shape index (κ1) is 15.4. The Hall–Kier alpha value is -2.11. The van der Waals surface area contributed by atoms with Crippen molar-refractivity contribution in [3.8, 4) is 0 Å². The number of hydrogen-bond acceptors (Lipinski definition) is 4. The van der Waals surface area contributed by atoms with E-state index in [2.05, 4.69) is 0 Å². The highest BCUT2D eigenvalue weighted by Gasteiger charge is 2.55. The summed E-state index contributed by atoms with van der Waals surface area (Å²) in [5.74, 6) is -0.263. The zero-order chi connectivity index (χ0) is 17.1. The molecule has 2 aliphatic rings. The van der Waals surface area contributed by atoms with Gasteiger partial charge in [0.25, 0.3) is 5.91 Å². The highest BCUT2D eigenvalue weighted by molar-refractivity contribution is 7.99. The fourth-order valence-electron chi connectivity index (χ4n) is 3.72. The average Bonchev–Trinajstić information content (AvgIpc) is 2.58. The molecule has 122 valence electrons. The van der Waals surface area contributed by atoms with Gasteiger partial charge in [0.15, 0.2) is 11.3 Å². The van der Waals surface area contributed by atoms with Crippen molar-refractivity contribution in [2.24, 2.45) is 0 Å². The molecule has 5 heteroatoms. The first-order valence-corrected chi connectivity index (χ1v) is 8.80. The molecule has 0 radical (unpaired) electrons. The summed E-state index contributed by atoms with van der Waals surface area (Å²) < 4.78 is 0. The van der Waals surface area contributed by atoms with Gasteiger partial charge in [-0.25, -0.2) is 0 Å². The summed E-state index contributed by atoms with van der Waals surface area (Å²) in [7, 11) is 3.61. The number of hydrogen-bond donors (Lipinski definition) is 0. The summed E-state index contributed by atoms with van der Waals surface area (Å²) in [5, 5.41) is 0. The molecule has 1 atom stereocenters. The zero-order valence-corrected chi connectivity index (χ0v) is 14.7. The molecule has 2 aliphatic heterocycles. The fourth-order valence-corrected chi connectivity index (χ4v) is 4.82. The van der Waals surface area contributed by atoms with Crippen LogP contribution in [-0.2, 0) is 4.79 Å². The van der Waals surface area contributed by atoms with Crippen LogP contribution in [0.25, 0.3) is 0 Å². The molecule has 0 N–H and O–H groups in total. The Morgan fingerprint density at radius 2 is 1.75 bits per heavy atom. The van der Waals surface area contributed by atoms with Crippen LogP contribution in [0.4, 0.5) is 11.4 Å². The predicted molar refractivity (Wildman–Crippen MR) is 95.2 cm³/mol. The highest BCUT2D eigenvalue weighted by Crippen LogP contribution is 2.53. The third-order valence-electron chi connectivity index (χ3n) is 5.00. The van der Waals surface area contributed by atoms with Crippen LogP contribution in [0.1, 0.15) is 23.7 Å². The van der Waals surface area contributed by atoms with Crippen LogP contribution >= 0.6 is 11.8 Å². The second-order valence-corrected chi connectivity index (χ2v) is 7.38. The maximum absolute atomic E-state index is 13.5. The SMILES string of the molecule is CCC1(N(C)C)C(=O)c2cccc3c2N(C1=O)c1ccccc1S3. The Morgan fingerprint density at radius 1 is 1.04 bits per heavy atom. The molecule has 2 heterocycles. The van der Waals surface area contributed by atoms with Crippen LogP contribution in [-0.4, -0.2) is 36.2 Å². The number of rotatable bonds is 2. The third-order valence-corrected chi connectivity index (χ3v) is 6.12. The van der Waals surface area contributed by atoms with E-state index in [1.54, 1.807) is 35.7 Å². The van der Waals surface area contributed by atoms with E-state index in [1.807, 2.05) is 49.4 Å². The highest BCUT2D eigenvalue weighted by atomic mass is 32.2. The van der Waals surface area contributed by atoms with E-state index in [9.17, 15) is 9.59 Å². The number of Topliss-reactive ketones (excluding diaryl/α,β-unsaturated/α-hetero) is 1. The molecule has 0 spiro atoms. The number of ketones is 1. The maximum Gasteiger partial charge on any atom is 0.260 e. The molecule has 0 saturated heterocycles. The van der Waals surface area contributed by atoms with Crippen LogP contribution in [0.15, 0.2) is 52.3 Å². The molecule has 4 rings (SSSR count). The minimum absolute atomic E-state index is 0.104. The Balaban J connectivity index is 2.07. The van der Waals surface area contributed by atoms with Gasteiger partial charge in [-0.1, -0.05) is 36.9 Å². The van der Waals surface area contributed by atoms with E-state index in [1.165, 1.54) is 0 Å². The topological polar surface area (TPSA) is 40.6 Å². The fraction of sp³-hybridized carbons (Fsp3) is 0.263. The maximum atomic E-state index is 13.5. The molecule has 0 aliphatic carbocycles. The van der Waals surface area contributed by atoms with Crippen molar-refractivity contribution in [1.29, 1.82) is 0 Å². The summed E-state index contributed by atoms with van der Waals surface area (Å²) in [6.07, 6.45) is 0.438. The largest absolute Gasteiger partial charge is 0.291 e. The lowest BCUT2D eigenvalue weighted by atomic mass is 9.79. The van der Waals surface area contributed by atoms with Gasteiger partial charge in [0.05, 0.1) is 11.4 Å².